The van der Waals surface area contributed by atoms with Crippen LogP contribution in [0.15, 0.2) is 42.5 Å². The maximum Gasteiger partial charge on any atom is 0.326 e. The third kappa shape index (κ3) is 29.5. The lowest BCUT2D eigenvalue weighted by molar-refractivity contribution is -0.146. The summed E-state index contributed by atoms with van der Waals surface area (Å²) in [5.74, 6) is -20.6. The number of phenolic OH excluding ortho intramolecular Hbond substituents is 2. The second-order valence-corrected chi connectivity index (χ2v) is 32.6. The monoisotopic (exact) mass is 1720 g/mol. The van der Waals surface area contributed by atoms with Crippen LogP contribution in [0.1, 0.15) is 89.7 Å². The van der Waals surface area contributed by atoms with Crippen LogP contribution in [0.4, 0.5) is 4.79 Å². The van der Waals surface area contributed by atoms with Crippen molar-refractivity contribution in [2.24, 2.45) is 22.9 Å². The first kappa shape index (κ1) is 90.3. The SMILES string of the molecule is C[C@@H](O)[C@@H]1NC(=O)[C@@H]2CSSC[C@@H](C(=O)N[C@@H](Cc3ccc(O)cc3)C(=O)O)NC(=O)[C@H](CCC(N)=O)NC(=O)[C@H](Cc3ccc(O)c(I)c3)NC(=O)[C@H](CCCNC(N)=O)NC(=O)[C@@H](NC(=O)[C@H](CCCNC(=N)N)NC(=O)[C@@H]3CCCN3C(=O)[C@H](CC(=O)O)NC1=O)C(C)(C)SSC[C@@H](NC(=O)CN)C(=O)N2. The van der Waals surface area contributed by atoms with Crippen LogP contribution in [0, 0.1) is 8.98 Å². The molecule has 0 saturated carbocycles. The minimum Gasteiger partial charge on any atom is -0.508 e. The van der Waals surface area contributed by atoms with Gasteiger partial charge in [0.1, 0.15) is 84.0 Å². The third-order valence-electron chi connectivity index (χ3n) is 16.9. The Morgan fingerprint density at radius 2 is 1.25 bits per heavy atom. The minimum absolute atomic E-state index is 0.0349. The lowest BCUT2D eigenvalue weighted by atomic mass is 9.99. The van der Waals surface area contributed by atoms with Crippen LogP contribution in [-0.2, 0) is 84.8 Å². The molecule has 40 nitrogen and oxygen atoms in total. The number of carboxylic acids is 2. The number of hydrogen-bond acceptors (Lipinski definition) is 25. The van der Waals surface area contributed by atoms with E-state index in [-0.39, 0.29) is 72.4 Å². The number of hydrogen-bond donors (Lipinski definition) is 23. The smallest absolute Gasteiger partial charge is 0.326 e. The van der Waals surface area contributed by atoms with Crippen molar-refractivity contribution in [2.45, 2.75) is 175 Å². The Bertz CT molecular complexity index is 3680. The largest absolute Gasteiger partial charge is 0.508 e. The van der Waals surface area contributed by atoms with Gasteiger partial charge in [-0.25, -0.2) is 9.59 Å². The Hall–Kier alpha value is -9.32. The van der Waals surface area contributed by atoms with Crippen LogP contribution in [0.2, 0.25) is 0 Å². The van der Waals surface area contributed by atoms with E-state index in [1.54, 1.807) is 22.6 Å². The van der Waals surface area contributed by atoms with Gasteiger partial charge in [0.15, 0.2) is 5.96 Å². The van der Waals surface area contributed by atoms with E-state index in [2.05, 4.69) is 69.1 Å². The molecule has 3 heterocycles. The quantitative estimate of drug-likeness (QED) is 0.0162. The topological polar surface area (TPSA) is 662 Å². The number of nitrogens with two attached hydrogens (primary N) is 4. The van der Waals surface area contributed by atoms with E-state index < -0.39 is 246 Å². The van der Waals surface area contributed by atoms with Crippen LogP contribution in [0.25, 0.3) is 0 Å². The van der Waals surface area contributed by atoms with Gasteiger partial charge >= 0.3 is 18.0 Å². The number of halogens is 1. The molecule has 0 spiro atoms. The number of carbonyl (C=O) groups is 16. The highest BCUT2D eigenvalue weighted by molar-refractivity contribution is 14.1. The number of urea groups is 1. The van der Waals surface area contributed by atoms with Gasteiger partial charge in [-0.1, -0.05) is 61.4 Å². The molecule has 0 aromatic heterocycles. The molecule has 2 aromatic rings. The number of amides is 15. The van der Waals surface area contributed by atoms with Gasteiger partial charge in [-0.2, -0.15) is 0 Å². The molecule has 3 aliphatic heterocycles. The van der Waals surface area contributed by atoms with Gasteiger partial charge in [-0.05, 0) is 124 Å². The first-order valence-electron chi connectivity index (χ1n) is 34.0. The molecule has 3 fully saturated rings. The van der Waals surface area contributed by atoms with Crippen molar-refractivity contribution in [3.63, 3.8) is 0 Å². The predicted molar refractivity (Wildman–Crippen MR) is 406 cm³/mol. The van der Waals surface area contributed by atoms with Crippen molar-refractivity contribution in [3.8, 4) is 11.5 Å². The summed E-state index contributed by atoms with van der Waals surface area (Å²) < 4.78 is -1.42. The first-order valence-corrected chi connectivity index (χ1v) is 39.9. The molecule has 3 saturated heterocycles. The number of aromatic hydroxyl groups is 2. The number of phenols is 2. The summed E-state index contributed by atoms with van der Waals surface area (Å²) in [5, 5.41) is 92.2. The molecule has 45 heteroatoms. The number of aliphatic hydroxyl groups excluding tert-OH is 1. The van der Waals surface area contributed by atoms with Crippen LogP contribution in [-0.4, -0.2) is 258 Å². The number of carbonyl (C=O) groups excluding carboxylic acids is 14. The minimum atomic E-state index is -2.09. The van der Waals surface area contributed by atoms with Crippen molar-refractivity contribution in [2.75, 3.05) is 43.4 Å². The summed E-state index contributed by atoms with van der Waals surface area (Å²) in [5.41, 5.74) is 22.8. The van der Waals surface area contributed by atoms with Crippen molar-refractivity contribution < 1.29 is 102 Å². The summed E-state index contributed by atoms with van der Waals surface area (Å²) in [6.07, 6.45) is -6.02. The Kier molecular flexibility index (Phi) is 36.3. The van der Waals surface area contributed by atoms with Crippen molar-refractivity contribution >= 4 is 166 Å². The molecular formula is C64H92IN19O21S4. The number of rotatable bonds is 23. The number of primary amides is 2. The zero-order valence-corrected chi connectivity index (χ0v) is 64.7. The third-order valence-corrected chi connectivity index (χ3v) is 23.5. The number of nitrogens with zero attached hydrogens (tertiary/aromatic N) is 1. The number of guanidine groups is 1. The molecule has 2 aromatic carbocycles. The molecule has 15 amide bonds. The lowest BCUT2D eigenvalue weighted by Gasteiger charge is -2.35. The summed E-state index contributed by atoms with van der Waals surface area (Å²) in [7, 11) is 3.00. The molecular weight excluding hydrogens is 1630 g/mol. The van der Waals surface area contributed by atoms with Gasteiger partial charge in [0.25, 0.3) is 0 Å². The predicted octanol–water partition coefficient (Wildman–Crippen LogP) is -5.74. The average molecular weight is 1720 g/mol. The molecule has 109 heavy (non-hydrogen) atoms. The van der Waals surface area contributed by atoms with E-state index >= 15 is 19.2 Å². The number of benzene rings is 2. The second-order valence-electron chi connectivity index (χ2n) is 25.9. The first-order chi connectivity index (χ1) is 51.4. The fourth-order valence-electron chi connectivity index (χ4n) is 11.1. The van der Waals surface area contributed by atoms with Gasteiger partial charge in [-0.3, -0.25) is 72.5 Å². The molecule has 27 N–H and O–H groups in total. The highest BCUT2D eigenvalue weighted by Gasteiger charge is 2.45. The van der Waals surface area contributed by atoms with E-state index in [1.165, 1.54) is 56.3 Å². The number of carboxylic acid groups (broad SMARTS) is 2. The Morgan fingerprint density at radius 3 is 1.85 bits per heavy atom. The fourth-order valence-corrected chi connectivity index (χ4v) is 16.9. The van der Waals surface area contributed by atoms with Gasteiger partial charge in [0.2, 0.25) is 76.8 Å². The molecule has 0 aliphatic carbocycles. The Morgan fingerprint density at radius 1 is 0.670 bits per heavy atom. The van der Waals surface area contributed by atoms with Gasteiger partial charge in [0, 0.05) is 60.9 Å². The van der Waals surface area contributed by atoms with Crippen LogP contribution in [0.5, 0.6) is 11.5 Å². The van der Waals surface area contributed by atoms with Crippen LogP contribution >= 0.6 is 65.8 Å². The average Bonchev–Trinajstić information content (AvgIpc) is 1.54. The highest BCUT2D eigenvalue weighted by Crippen LogP contribution is 2.39. The van der Waals surface area contributed by atoms with Crippen LogP contribution < -0.4 is 92.1 Å². The molecule has 0 unspecified atom stereocenters. The van der Waals surface area contributed by atoms with E-state index in [1.807, 2.05) is 0 Å². The number of fused-ring (bicyclic) bond motifs is 9. The summed E-state index contributed by atoms with van der Waals surface area (Å²) in [4.78, 5) is 228. The maximum atomic E-state index is 15.6. The van der Waals surface area contributed by atoms with Crippen molar-refractivity contribution in [3.05, 3.63) is 57.2 Å². The number of nitrogens with one attached hydrogen (secondary N) is 14. The zero-order valence-electron chi connectivity index (χ0n) is 59.3. The van der Waals surface area contributed by atoms with Gasteiger partial charge < -0.3 is 122 Å². The molecule has 13 atom stereocenters. The second kappa shape index (κ2) is 43.8. The molecule has 600 valence electrons. The van der Waals surface area contributed by atoms with E-state index in [4.69, 9.17) is 28.3 Å². The van der Waals surface area contributed by atoms with Gasteiger partial charge in [-0.15, -0.1) is 0 Å². The summed E-state index contributed by atoms with van der Waals surface area (Å²) in [6.45, 7) is 2.67. The van der Waals surface area contributed by atoms with Gasteiger partial charge in [0.05, 0.1) is 22.6 Å². The maximum absolute atomic E-state index is 15.6. The van der Waals surface area contributed by atoms with Crippen LogP contribution in [0.3, 0.4) is 0 Å². The zero-order chi connectivity index (χ0) is 81.0. The Balaban J connectivity index is 1.81. The van der Waals surface area contributed by atoms with E-state index in [0.29, 0.717) is 27.2 Å². The van der Waals surface area contributed by atoms with Crippen molar-refractivity contribution in [1.82, 2.24) is 74.0 Å². The molecule has 5 rings (SSSR count). The number of aliphatic carboxylic acids is 2. The molecule has 3 aliphatic rings. The Labute approximate surface area is 654 Å². The lowest BCUT2D eigenvalue weighted by Crippen LogP contribution is -2.63. The number of aliphatic hydroxyl groups is 1. The molecule has 2 bridgehead atoms. The normalized spacial score (nSPS) is 24.6. The van der Waals surface area contributed by atoms with Crippen molar-refractivity contribution in [1.29, 1.82) is 5.41 Å². The van der Waals surface area contributed by atoms with E-state index in [9.17, 15) is 83.1 Å². The summed E-state index contributed by atoms with van der Waals surface area (Å²) >= 11 is 1.79. The van der Waals surface area contributed by atoms with E-state index in [0.717, 1.165) is 33.4 Å². The standard InChI is InChI=1S/C64H92IN19O21S4/c1-29(85)48-58(100)78-38(24-47(90)91)60(102)84-20-6-9-43(84)57(99)75-35(7-4-18-71-62(68)69)52(94)83-49-59(101)76-34(8-5-19-72-63(70)105)50(92)77-37(23-31-12-16-44(87)33(65)21-31)53(95)74-36(15-17-45(67)88)51(93)80-41(55(97)79-39(61(103)104)22-30-10-13-32(86)14-11-30)26-106-107-27-42(56(98)82-48)81-54(96)40(73-46(89)25-66)28-108-109-64(49,2)3/h10-14,16,21,29,34-43,48-49,85-87H,4-9,15,17-20,22-28,66H2,1-3H3,(H2,67,88)(H,73,89)(H,74,95)(H,75,99)(H,76,101)(H,77,92)(H,78,100)(H,79,97)(H,80,93)(H,81,96)(H,82,98)(H,83,94)(H,90,91)(H,103,104)(H4,68,69,71)(H3,70,72,105)/t29-,34+,35+,36+,37+,38+,39+,40-,41+,42+,43+,48+,49-/m1/s1. The molecule has 0 radical (unpaired) electrons. The highest BCUT2D eigenvalue weighted by atomic mass is 127. The fraction of sp³-hybridized carbons (Fsp3) is 0.547. The summed E-state index contributed by atoms with van der Waals surface area (Å²) in [6, 6.07) is -13.4.